The van der Waals surface area contributed by atoms with Gasteiger partial charge in [-0.3, -0.25) is 9.59 Å². The molecule has 2 amide bonds. The zero-order valence-corrected chi connectivity index (χ0v) is 7.82. The second-order valence-electron chi connectivity index (χ2n) is 2.94. The van der Waals surface area contributed by atoms with Crippen molar-refractivity contribution in [3.8, 4) is 0 Å². The van der Waals surface area contributed by atoms with Crippen molar-refractivity contribution in [2.45, 2.75) is 6.92 Å². The fraction of sp³-hybridized carbons (Fsp3) is 0.556. The quantitative estimate of drug-likeness (QED) is 0.558. The van der Waals surface area contributed by atoms with Gasteiger partial charge in [-0.25, -0.2) is 0 Å². The van der Waals surface area contributed by atoms with Crippen LogP contribution in [0, 0.1) is 0 Å². The molecule has 13 heavy (non-hydrogen) atoms. The Morgan fingerprint density at radius 3 is 2.77 bits per heavy atom. The highest BCUT2D eigenvalue weighted by Gasteiger charge is 2.24. The Labute approximate surface area is 77.8 Å². The molecule has 1 aliphatic rings. The Kier molecular flexibility index (Phi) is 3.06. The summed E-state index contributed by atoms with van der Waals surface area (Å²) in [5, 5.41) is 0. The second kappa shape index (κ2) is 4.07. The van der Waals surface area contributed by atoms with Crippen LogP contribution in [-0.4, -0.2) is 47.8 Å². The Balaban J connectivity index is 2.55. The van der Waals surface area contributed by atoms with E-state index in [9.17, 15) is 9.59 Å². The van der Waals surface area contributed by atoms with Crippen molar-refractivity contribution in [1.82, 2.24) is 9.80 Å². The summed E-state index contributed by atoms with van der Waals surface area (Å²) < 4.78 is 0. The number of rotatable bonds is 2. The average molecular weight is 182 g/mol. The van der Waals surface area contributed by atoms with Gasteiger partial charge in [0.2, 0.25) is 11.8 Å². The molecule has 1 heterocycles. The second-order valence-corrected chi connectivity index (χ2v) is 2.94. The van der Waals surface area contributed by atoms with Gasteiger partial charge in [-0.05, 0) is 13.0 Å². The van der Waals surface area contributed by atoms with Crippen LogP contribution in [-0.2, 0) is 9.59 Å². The minimum atomic E-state index is -0.163. The third-order valence-electron chi connectivity index (χ3n) is 2.19. The maximum absolute atomic E-state index is 11.4. The van der Waals surface area contributed by atoms with E-state index >= 15 is 0 Å². The minimum absolute atomic E-state index is 0.0175. The van der Waals surface area contributed by atoms with Gasteiger partial charge in [0.1, 0.15) is 6.54 Å². The van der Waals surface area contributed by atoms with Crippen molar-refractivity contribution in [2.75, 3.05) is 26.2 Å². The highest BCUT2D eigenvalue weighted by Crippen LogP contribution is 2.03. The molecule has 1 fully saturated rings. The molecule has 0 bridgehead atoms. The van der Waals surface area contributed by atoms with Gasteiger partial charge in [-0.2, -0.15) is 0 Å². The Morgan fingerprint density at radius 2 is 2.31 bits per heavy atom. The highest BCUT2D eigenvalue weighted by molar-refractivity contribution is 5.91. The third kappa shape index (κ3) is 2.08. The first-order valence-electron chi connectivity index (χ1n) is 4.38. The summed E-state index contributed by atoms with van der Waals surface area (Å²) in [5.41, 5.74) is 0. The molecule has 0 aromatic heterocycles. The molecular formula is C9H14N2O2. The van der Waals surface area contributed by atoms with Crippen molar-refractivity contribution in [3.63, 3.8) is 0 Å². The van der Waals surface area contributed by atoms with E-state index in [1.807, 2.05) is 6.92 Å². The normalized spacial score (nSPS) is 17.5. The molecular weight excluding hydrogens is 168 g/mol. The van der Waals surface area contributed by atoms with Crippen LogP contribution in [0.3, 0.4) is 0 Å². The number of hydrogen-bond donors (Lipinski definition) is 0. The smallest absolute Gasteiger partial charge is 0.246 e. The molecule has 0 radical (unpaired) electrons. The third-order valence-corrected chi connectivity index (χ3v) is 2.19. The molecule has 0 aromatic rings. The van der Waals surface area contributed by atoms with E-state index in [1.54, 1.807) is 4.90 Å². The van der Waals surface area contributed by atoms with E-state index in [2.05, 4.69) is 6.58 Å². The largest absolute Gasteiger partial charge is 0.340 e. The van der Waals surface area contributed by atoms with Crippen molar-refractivity contribution < 1.29 is 9.59 Å². The summed E-state index contributed by atoms with van der Waals surface area (Å²) in [7, 11) is 0. The topological polar surface area (TPSA) is 40.6 Å². The van der Waals surface area contributed by atoms with Crippen LogP contribution in [0.5, 0.6) is 0 Å². The predicted octanol–water partition coefficient (Wildman–Crippen LogP) is -0.137. The highest BCUT2D eigenvalue weighted by atomic mass is 16.2. The summed E-state index contributed by atoms with van der Waals surface area (Å²) in [6, 6.07) is 0. The van der Waals surface area contributed by atoms with E-state index in [-0.39, 0.29) is 18.4 Å². The Morgan fingerprint density at radius 1 is 1.62 bits per heavy atom. The summed E-state index contributed by atoms with van der Waals surface area (Å²) in [6.45, 7) is 7.48. The van der Waals surface area contributed by atoms with Gasteiger partial charge in [0, 0.05) is 19.6 Å². The molecule has 1 rings (SSSR count). The van der Waals surface area contributed by atoms with E-state index in [0.29, 0.717) is 13.1 Å². The number of carbonyl (C=O) groups excluding carboxylic acids is 2. The molecule has 0 unspecified atom stereocenters. The van der Waals surface area contributed by atoms with Crippen LogP contribution in [0.25, 0.3) is 0 Å². The van der Waals surface area contributed by atoms with Crippen LogP contribution >= 0.6 is 0 Å². The van der Waals surface area contributed by atoms with Crippen LogP contribution in [0.15, 0.2) is 12.7 Å². The Bertz CT molecular complexity index is 238. The lowest BCUT2D eigenvalue weighted by Crippen LogP contribution is -2.51. The lowest BCUT2D eigenvalue weighted by molar-refractivity contribution is -0.142. The molecule has 72 valence electrons. The van der Waals surface area contributed by atoms with Crippen LogP contribution in [0.2, 0.25) is 0 Å². The first-order chi connectivity index (χ1) is 6.19. The van der Waals surface area contributed by atoms with Crippen molar-refractivity contribution >= 4 is 11.8 Å². The lowest BCUT2D eigenvalue weighted by Gasteiger charge is -2.33. The average Bonchev–Trinajstić information content (AvgIpc) is 2.16. The summed E-state index contributed by atoms with van der Waals surface area (Å²) >= 11 is 0. The fourth-order valence-corrected chi connectivity index (χ4v) is 1.36. The number of amides is 2. The van der Waals surface area contributed by atoms with Gasteiger partial charge in [-0.15, -0.1) is 0 Å². The Hall–Kier alpha value is -1.32. The number of nitrogens with zero attached hydrogens (tertiary/aromatic N) is 2. The summed E-state index contributed by atoms with van der Waals surface area (Å²) in [4.78, 5) is 25.8. The number of likely N-dealkylation sites (N-methyl/N-ethyl adjacent to an activating group) is 1. The molecule has 0 saturated carbocycles. The van der Waals surface area contributed by atoms with Crippen LogP contribution in [0.4, 0.5) is 0 Å². The van der Waals surface area contributed by atoms with Gasteiger partial charge >= 0.3 is 0 Å². The molecule has 1 saturated heterocycles. The number of carbonyl (C=O) groups is 2. The number of piperazine rings is 1. The first-order valence-corrected chi connectivity index (χ1v) is 4.38. The standard InChI is InChI=1S/C9H14N2O2/c1-3-8(12)11-6-5-10(4-2)9(13)7-11/h3H,1,4-7H2,2H3. The predicted molar refractivity (Wildman–Crippen MR) is 49.0 cm³/mol. The molecule has 0 aliphatic carbocycles. The van der Waals surface area contributed by atoms with Crippen molar-refractivity contribution in [3.05, 3.63) is 12.7 Å². The lowest BCUT2D eigenvalue weighted by atomic mass is 10.3. The van der Waals surface area contributed by atoms with E-state index < -0.39 is 0 Å². The molecule has 0 atom stereocenters. The molecule has 0 spiro atoms. The maximum Gasteiger partial charge on any atom is 0.246 e. The van der Waals surface area contributed by atoms with Gasteiger partial charge in [-0.1, -0.05) is 6.58 Å². The minimum Gasteiger partial charge on any atom is -0.340 e. The SMILES string of the molecule is C=CC(=O)N1CCN(CC)C(=O)C1. The molecule has 4 heteroatoms. The molecule has 0 N–H and O–H groups in total. The number of hydrogen-bond acceptors (Lipinski definition) is 2. The van der Waals surface area contributed by atoms with Gasteiger partial charge in [0.25, 0.3) is 0 Å². The first kappa shape index (κ1) is 9.77. The van der Waals surface area contributed by atoms with Crippen molar-refractivity contribution in [2.24, 2.45) is 0 Å². The summed E-state index contributed by atoms with van der Waals surface area (Å²) in [5.74, 6) is -0.145. The van der Waals surface area contributed by atoms with Gasteiger partial charge < -0.3 is 9.80 Å². The van der Waals surface area contributed by atoms with E-state index in [0.717, 1.165) is 6.54 Å². The van der Waals surface area contributed by atoms with Crippen molar-refractivity contribution in [1.29, 1.82) is 0 Å². The zero-order chi connectivity index (χ0) is 9.84. The van der Waals surface area contributed by atoms with E-state index in [4.69, 9.17) is 0 Å². The molecule has 4 nitrogen and oxygen atoms in total. The van der Waals surface area contributed by atoms with Gasteiger partial charge in [0.15, 0.2) is 0 Å². The molecule has 0 aromatic carbocycles. The van der Waals surface area contributed by atoms with E-state index in [1.165, 1.54) is 11.0 Å². The van der Waals surface area contributed by atoms with Crippen LogP contribution < -0.4 is 0 Å². The van der Waals surface area contributed by atoms with Crippen LogP contribution in [0.1, 0.15) is 6.92 Å². The fourth-order valence-electron chi connectivity index (χ4n) is 1.36. The maximum atomic E-state index is 11.4. The van der Waals surface area contributed by atoms with Gasteiger partial charge in [0.05, 0.1) is 0 Å². The zero-order valence-electron chi connectivity index (χ0n) is 7.82. The monoisotopic (exact) mass is 182 g/mol. The summed E-state index contributed by atoms with van der Waals surface area (Å²) in [6.07, 6.45) is 1.24. The molecule has 1 aliphatic heterocycles.